The van der Waals surface area contributed by atoms with Crippen LogP contribution >= 0.6 is 12.2 Å². The number of anilines is 1. The molecule has 8 heteroatoms. The first-order valence-electron chi connectivity index (χ1n) is 7.90. The summed E-state index contributed by atoms with van der Waals surface area (Å²) in [4.78, 5) is 26.3. The van der Waals surface area contributed by atoms with Gasteiger partial charge in [-0.3, -0.25) is 20.1 Å². The number of carbonyl (C=O) groups is 2. The number of rotatable bonds is 5. The highest BCUT2D eigenvalue weighted by Gasteiger charge is 2.35. The van der Waals surface area contributed by atoms with Crippen molar-refractivity contribution in [2.75, 3.05) is 16.9 Å². The molecule has 1 aromatic heterocycles. The van der Waals surface area contributed by atoms with Crippen molar-refractivity contribution in [3.8, 4) is 0 Å². The van der Waals surface area contributed by atoms with Crippen molar-refractivity contribution in [3.63, 3.8) is 0 Å². The second-order valence-electron chi connectivity index (χ2n) is 5.83. The number of aromatic nitrogens is 3. The second kappa shape index (κ2) is 6.96. The van der Waals surface area contributed by atoms with Crippen LogP contribution in [0.15, 0.2) is 30.6 Å². The van der Waals surface area contributed by atoms with Gasteiger partial charge in [0.1, 0.15) is 6.33 Å². The molecule has 2 heterocycles. The topological polar surface area (TPSA) is 83.0 Å². The highest BCUT2D eigenvalue weighted by Crippen LogP contribution is 2.26. The Hall–Kier alpha value is -2.48. The molecule has 0 saturated carbocycles. The zero-order valence-electron chi connectivity index (χ0n) is 13.4. The Bertz CT molecular complexity index is 795. The molecular weight excluding hydrogens is 326 g/mol. The number of nitrogens with zero attached hydrogens (tertiary/aromatic N) is 3. The van der Waals surface area contributed by atoms with Crippen molar-refractivity contribution in [2.24, 2.45) is 5.92 Å². The highest BCUT2D eigenvalue weighted by molar-refractivity contribution is 7.71. The number of H-pyrrole nitrogens is 1. The number of hydrogen-bond donors (Lipinski definition) is 2. The first kappa shape index (κ1) is 16.4. The molecule has 0 unspecified atom stereocenters. The molecule has 2 aromatic rings. The molecule has 2 amide bonds. The molecular formula is C16H19N5O2S. The van der Waals surface area contributed by atoms with Crippen LogP contribution < -0.4 is 10.3 Å². The summed E-state index contributed by atoms with van der Waals surface area (Å²) < 4.78 is 1.64. The summed E-state index contributed by atoms with van der Waals surface area (Å²) in [6.07, 6.45) is 3.68. The lowest BCUT2D eigenvalue weighted by Crippen LogP contribution is -2.31. The van der Waals surface area contributed by atoms with E-state index in [1.165, 1.54) is 16.6 Å². The van der Waals surface area contributed by atoms with Gasteiger partial charge in [-0.1, -0.05) is 25.5 Å². The number of nitrogens with one attached hydrogen (secondary N) is 2. The van der Waals surface area contributed by atoms with E-state index in [1.54, 1.807) is 4.90 Å². The normalized spacial score (nSPS) is 17.3. The van der Waals surface area contributed by atoms with Crippen LogP contribution in [-0.2, 0) is 16.0 Å². The number of benzene rings is 1. The predicted octanol–water partition coefficient (Wildman–Crippen LogP) is 2.02. The summed E-state index contributed by atoms with van der Waals surface area (Å²) in [5.41, 5.74) is 4.73. The van der Waals surface area contributed by atoms with Crippen LogP contribution in [0.25, 0.3) is 0 Å². The van der Waals surface area contributed by atoms with E-state index in [2.05, 4.69) is 22.5 Å². The van der Waals surface area contributed by atoms with Crippen molar-refractivity contribution in [1.82, 2.24) is 14.9 Å². The Balaban J connectivity index is 1.67. The average Bonchev–Trinajstić information content (AvgIpc) is 3.15. The molecule has 1 atom stereocenters. The van der Waals surface area contributed by atoms with Crippen LogP contribution in [0.3, 0.4) is 0 Å². The fourth-order valence-corrected chi connectivity index (χ4v) is 2.95. The van der Waals surface area contributed by atoms with Crippen molar-refractivity contribution in [3.05, 3.63) is 40.9 Å². The SMILES string of the molecule is CCCc1ccc(N2C[C@H](C(=O)Nn3cn[nH]c3=S)CC2=O)cc1. The largest absolute Gasteiger partial charge is 0.312 e. The molecule has 0 spiro atoms. The molecule has 1 aliphatic rings. The molecule has 0 aliphatic carbocycles. The zero-order chi connectivity index (χ0) is 17.1. The van der Waals surface area contributed by atoms with Crippen molar-refractivity contribution < 1.29 is 9.59 Å². The maximum Gasteiger partial charge on any atom is 0.244 e. The predicted molar refractivity (Wildman–Crippen MR) is 92.7 cm³/mol. The van der Waals surface area contributed by atoms with Gasteiger partial charge in [0.15, 0.2) is 0 Å². The summed E-state index contributed by atoms with van der Waals surface area (Å²) in [6, 6.07) is 7.94. The lowest BCUT2D eigenvalue weighted by atomic mass is 10.1. The highest BCUT2D eigenvalue weighted by atomic mass is 32.1. The van der Waals surface area contributed by atoms with Gasteiger partial charge in [0.25, 0.3) is 0 Å². The van der Waals surface area contributed by atoms with Gasteiger partial charge in [0.05, 0.1) is 5.92 Å². The van der Waals surface area contributed by atoms with Gasteiger partial charge in [0.2, 0.25) is 16.6 Å². The Kier molecular flexibility index (Phi) is 4.75. The van der Waals surface area contributed by atoms with Gasteiger partial charge >= 0.3 is 0 Å². The Morgan fingerprint density at radius 2 is 2.17 bits per heavy atom. The number of aryl methyl sites for hydroxylation is 1. The van der Waals surface area contributed by atoms with Crippen LogP contribution in [0.2, 0.25) is 0 Å². The summed E-state index contributed by atoms with van der Waals surface area (Å²) >= 11 is 4.99. The van der Waals surface area contributed by atoms with Gasteiger partial charge in [0, 0.05) is 18.7 Å². The Labute approximate surface area is 144 Å². The van der Waals surface area contributed by atoms with Crippen molar-refractivity contribution in [1.29, 1.82) is 0 Å². The molecule has 24 heavy (non-hydrogen) atoms. The third-order valence-electron chi connectivity index (χ3n) is 4.07. The van der Waals surface area contributed by atoms with Crippen molar-refractivity contribution >= 4 is 29.7 Å². The summed E-state index contributed by atoms with van der Waals surface area (Å²) in [6.45, 7) is 2.50. The molecule has 1 aliphatic heterocycles. The van der Waals surface area contributed by atoms with E-state index in [-0.39, 0.29) is 18.2 Å². The molecule has 0 radical (unpaired) electrons. The maximum atomic E-state index is 12.3. The second-order valence-corrected chi connectivity index (χ2v) is 6.22. The lowest BCUT2D eigenvalue weighted by molar-refractivity contribution is -0.123. The quantitative estimate of drug-likeness (QED) is 0.812. The number of amides is 2. The molecule has 1 aromatic carbocycles. The molecule has 7 nitrogen and oxygen atoms in total. The smallest absolute Gasteiger partial charge is 0.244 e. The molecule has 1 saturated heterocycles. The zero-order valence-corrected chi connectivity index (χ0v) is 14.2. The van der Waals surface area contributed by atoms with Gasteiger partial charge in [-0.2, -0.15) is 5.10 Å². The van der Waals surface area contributed by atoms with Crippen LogP contribution in [0.4, 0.5) is 5.69 Å². The van der Waals surface area contributed by atoms with Gasteiger partial charge in [-0.05, 0) is 36.3 Å². The summed E-state index contributed by atoms with van der Waals surface area (Å²) in [7, 11) is 0. The number of hydrogen-bond acceptors (Lipinski definition) is 4. The standard InChI is InChI=1S/C16H19N5O2S/c1-2-3-11-4-6-13(7-5-11)20-9-12(8-14(20)22)15(23)19-21-10-17-18-16(21)24/h4-7,10,12H,2-3,8-9H2,1H3,(H,18,24)(H,19,23)/t12-/m1/s1. The Morgan fingerprint density at radius 1 is 1.42 bits per heavy atom. The van der Waals surface area contributed by atoms with Gasteiger partial charge < -0.3 is 4.90 Å². The molecule has 1 fully saturated rings. The van der Waals surface area contributed by atoms with Crippen LogP contribution in [0.5, 0.6) is 0 Å². The summed E-state index contributed by atoms with van der Waals surface area (Å²) in [5, 5.41) is 6.30. The molecule has 126 valence electrons. The summed E-state index contributed by atoms with van der Waals surface area (Å²) in [5.74, 6) is -0.704. The van der Waals surface area contributed by atoms with Gasteiger partial charge in [-0.15, -0.1) is 0 Å². The van der Waals surface area contributed by atoms with E-state index in [4.69, 9.17) is 12.2 Å². The molecule has 3 rings (SSSR count). The fraction of sp³-hybridized carbons (Fsp3) is 0.375. The van der Waals surface area contributed by atoms with E-state index >= 15 is 0 Å². The third kappa shape index (κ3) is 3.38. The molecule has 2 N–H and O–H groups in total. The maximum absolute atomic E-state index is 12.3. The fourth-order valence-electron chi connectivity index (χ4n) is 2.80. The van der Waals surface area contributed by atoms with Crippen LogP contribution in [0.1, 0.15) is 25.3 Å². The van der Waals surface area contributed by atoms with Gasteiger partial charge in [-0.25, -0.2) is 4.68 Å². The number of carbonyl (C=O) groups excluding carboxylic acids is 2. The van der Waals surface area contributed by atoms with E-state index in [1.807, 2.05) is 24.3 Å². The minimum absolute atomic E-state index is 0.0471. The van der Waals surface area contributed by atoms with Crippen molar-refractivity contribution in [2.45, 2.75) is 26.2 Å². The number of aromatic amines is 1. The molecule has 0 bridgehead atoms. The first-order chi connectivity index (χ1) is 11.6. The minimum atomic E-state index is -0.412. The Morgan fingerprint density at radius 3 is 2.79 bits per heavy atom. The lowest BCUT2D eigenvalue weighted by Gasteiger charge is -2.17. The first-order valence-corrected chi connectivity index (χ1v) is 8.31. The monoisotopic (exact) mass is 345 g/mol. The van der Waals surface area contributed by atoms with E-state index in [0.29, 0.717) is 11.3 Å². The van der Waals surface area contributed by atoms with E-state index in [9.17, 15) is 9.59 Å². The average molecular weight is 345 g/mol. The minimum Gasteiger partial charge on any atom is -0.312 e. The third-order valence-corrected chi connectivity index (χ3v) is 4.35. The van der Waals surface area contributed by atoms with E-state index < -0.39 is 5.92 Å². The van der Waals surface area contributed by atoms with Crippen LogP contribution in [0, 0.1) is 10.7 Å². The van der Waals surface area contributed by atoms with E-state index in [0.717, 1.165) is 18.5 Å². The van der Waals surface area contributed by atoms with Crippen LogP contribution in [-0.4, -0.2) is 33.2 Å².